The molecule has 1 saturated heterocycles. The molecular weight excluding hydrogens is 206 g/mol. The molecule has 0 saturated carbocycles. The normalized spacial score (nSPS) is 16.8. The van der Waals surface area contributed by atoms with Crippen molar-refractivity contribution < 1.29 is 9.53 Å². The second-order valence-corrected chi connectivity index (χ2v) is 3.98. The minimum atomic E-state index is -0.0474. The van der Waals surface area contributed by atoms with E-state index in [1.54, 1.807) is 11.9 Å². The van der Waals surface area contributed by atoms with E-state index in [9.17, 15) is 4.79 Å². The number of carbonyl (C=O) groups excluding carboxylic acids is 1. The highest BCUT2D eigenvalue weighted by Crippen LogP contribution is 2.07. The fraction of sp³-hybridized carbons (Fsp3) is 0.818. The highest BCUT2D eigenvalue weighted by atomic mass is 16.5. The summed E-state index contributed by atoms with van der Waals surface area (Å²) in [6.45, 7) is 2.53. The smallest absolute Gasteiger partial charge is 0.248 e. The Hall–Kier alpha value is -1.12. The van der Waals surface area contributed by atoms with Gasteiger partial charge in [-0.05, 0) is 25.9 Å². The minimum Gasteiger partial charge on any atom is -0.368 e. The lowest BCUT2D eigenvalue weighted by atomic mass is 10.1. The van der Waals surface area contributed by atoms with Crippen LogP contribution in [-0.4, -0.2) is 50.2 Å². The van der Waals surface area contributed by atoms with Crippen LogP contribution in [0.15, 0.2) is 0 Å². The summed E-state index contributed by atoms with van der Waals surface area (Å²) in [7, 11) is 1.70. The van der Waals surface area contributed by atoms with E-state index in [-0.39, 0.29) is 18.6 Å². The summed E-state index contributed by atoms with van der Waals surface area (Å²) < 4.78 is 5.53. The van der Waals surface area contributed by atoms with Crippen LogP contribution in [0.1, 0.15) is 19.3 Å². The van der Waals surface area contributed by atoms with Gasteiger partial charge >= 0.3 is 0 Å². The van der Waals surface area contributed by atoms with E-state index < -0.39 is 0 Å². The molecule has 16 heavy (non-hydrogen) atoms. The monoisotopic (exact) mass is 225 g/mol. The molecule has 1 fully saturated rings. The van der Waals surface area contributed by atoms with Gasteiger partial charge in [0, 0.05) is 13.6 Å². The third-order valence-electron chi connectivity index (χ3n) is 2.71. The van der Waals surface area contributed by atoms with E-state index in [4.69, 9.17) is 10.00 Å². The lowest BCUT2D eigenvalue weighted by molar-refractivity contribution is -0.137. The van der Waals surface area contributed by atoms with Crippen LogP contribution in [0.4, 0.5) is 0 Å². The molecule has 1 amide bonds. The van der Waals surface area contributed by atoms with Gasteiger partial charge in [-0.1, -0.05) is 0 Å². The van der Waals surface area contributed by atoms with Crippen LogP contribution in [-0.2, 0) is 9.53 Å². The van der Waals surface area contributed by atoms with Gasteiger partial charge in [0.15, 0.2) is 0 Å². The summed E-state index contributed by atoms with van der Waals surface area (Å²) in [5, 5.41) is 11.6. The lowest BCUT2D eigenvalue weighted by Gasteiger charge is -2.24. The number of hydrogen-bond acceptors (Lipinski definition) is 4. The van der Waals surface area contributed by atoms with Crippen molar-refractivity contribution >= 4 is 5.91 Å². The number of nitriles is 1. The predicted molar refractivity (Wildman–Crippen MR) is 59.7 cm³/mol. The second kappa shape index (κ2) is 7.20. The Morgan fingerprint density at radius 1 is 1.56 bits per heavy atom. The van der Waals surface area contributed by atoms with Gasteiger partial charge in [0.1, 0.15) is 6.61 Å². The van der Waals surface area contributed by atoms with Gasteiger partial charge in [-0.15, -0.1) is 0 Å². The van der Waals surface area contributed by atoms with Crippen LogP contribution in [0.25, 0.3) is 0 Å². The van der Waals surface area contributed by atoms with Crippen molar-refractivity contribution in [3.63, 3.8) is 0 Å². The van der Waals surface area contributed by atoms with Crippen molar-refractivity contribution in [1.29, 1.82) is 5.26 Å². The summed E-state index contributed by atoms with van der Waals surface area (Å²) in [6, 6.07) is 2.02. The maximum absolute atomic E-state index is 11.6. The zero-order valence-corrected chi connectivity index (χ0v) is 9.74. The Labute approximate surface area is 96.4 Å². The van der Waals surface area contributed by atoms with Gasteiger partial charge in [-0.3, -0.25) is 4.79 Å². The van der Waals surface area contributed by atoms with Crippen molar-refractivity contribution in [3.05, 3.63) is 0 Å². The number of rotatable bonds is 5. The molecule has 1 aliphatic rings. The third kappa shape index (κ3) is 4.60. The van der Waals surface area contributed by atoms with Gasteiger partial charge in [0.25, 0.3) is 0 Å². The van der Waals surface area contributed by atoms with Gasteiger partial charge in [-0.2, -0.15) is 5.26 Å². The number of nitrogens with one attached hydrogen (secondary N) is 1. The number of ether oxygens (including phenoxy) is 1. The fourth-order valence-corrected chi connectivity index (χ4v) is 1.60. The topological polar surface area (TPSA) is 65.4 Å². The first kappa shape index (κ1) is 12.9. The molecule has 0 aliphatic carbocycles. The quantitative estimate of drug-likeness (QED) is 0.722. The molecule has 1 heterocycles. The molecule has 0 spiro atoms. The number of hydrogen-bond donors (Lipinski definition) is 1. The van der Waals surface area contributed by atoms with E-state index in [0.717, 1.165) is 25.9 Å². The van der Waals surface area contributed by atoms with Crippen molar-refractivity contribution in [2.24, 2.45) is 0 Å². The number of carbonyl (C=O) groups is 1. The number of piperidine rings is 1. The highest BCUT2D eigenvalue weighted by molar-refractivity contribution is 5.77. The van der Waals surface area contributed by atoms with E-state index in [2.05, 4.69) is 5.32 Å². The molecule has 0 unspecified atom stereocenters. The Bertz CT molecular complexity index is 256. The molecule has 0 aromatic heterocycles. The Balaban J connectivity index is 2.15. The average molecular weight is 225 g/mol. The Kier molecular flexibility index (Phi) is 5.83. The predicted octanol–water partition coefficient (Wildman–Crippen LogP) is 0.127. The number of likely N-dealkylation sites (N-methyl/N-ethyl adjacent to an activating group) is 1. The van der Waals surface area contributed by atoms with Crippen LogP contribution in [0.5, 0.6) is 0 Å². The van der Waals surface area contributed by atoms with E-state index in [0.29, 0.717) is 13.0 Å². The molecular formula is C11H19N3O2. The Morgan fingerprint density at radius 3 is 2.88 bits per heavy atom. The average Bonchev–Trinajstić information content (AvgIpc) is 2.34. The fourth-order valence-electron chi connectivity index (χ4n) is 1.60. The molecule has 1 rings (SSSR count). The molecule has 0 radical (unpaired) electrons. The van der Waals surface area contributed by atoms with Crippen LogP contribution in [0.3, 0.4) is 0 Å². The van der Waals surface area contributed by atoms with Crippen molar-refractivity contribution in [3.8, 4) is 6.07 Å². The maximum Gasteiger partial charge on any atom is 0.248 e. The van der Waals surface area contributed by atoms with Gasteiger partial charge < -0.3 is 15.0 Å². The summed E-state index contributed by atoms with van der Waals surface area (Å²) in [4.78, 5) is 13.1. The van der Waals surface area contributed by atoms with Crippen LogP contribution in [0.2, 0.25) is 0 Å². The molecule has 0 aromatic rings. The third-order valence-corrected chi connectivity index (χ3v) is 2.71. The molecule has 1 N–H and O–H groups in total. The first-order valence-electron chi connectivity index (χ1n) is 5.67. The van der Waals surface area contributed by atoms with Crippen LogP contribution < -0.4 is 5.32 Å². The lowest BCUT2D eigenvalue weighted by Crippen LogP contribution is -2.36. The van der Waals surface area contributed by atoms with Crippen molar-refractivity contribution in [2.75, 3.05) is 33.3 Å². The first-order valence-corrected chi connectivity index (χ1v) is 5.67. The van der Waals surface area contributed by atoms with Gasteiger partial charge in [0.2, 0.25) is 5.91 Å². The SMILES string of the molecule is CN(CCC#N)C(=O)COC1CCNCC1. The summed E-state index contributed by atoms with van der Waals surface area (Å²) in [5.41, 5.74) is 0. The molecule has 1 aliphatic heterocycles. The molecule has 0 bridgehead atoms. The zero-order chi connectivity index (χ0) is 11.8. The molecule has 5 nitrogen and oxygen atoms in total. The molecule has 90 valence electrons. The van der Waals surface area contributed by atoms with Crippen LogP contribution in [0, 0.1) is 11.3 Å². The van der Waals surface area contributed by atoms with Crippen molar-refractivity contribution in [2.45, 2.75) is 25.4 Å². The second-order valence-electron chi connectivity index (χ2n) is 3.98. The van der Waals surface area contributed by atoms with Gasteiger partial charge in [0.05, 0.1) is 18.6 Å². The molecule has 0 atom stereocenters. The number of amides is 1. The Morgan fingerprint density at radius 2 is 2.25 bits per heavy atom. The summed E-state index contributed by atoms with van der Waals surface area (Å²) in [6.07, 6.45) is 2.51. The standard InChI is InChI=1S/C11H19N3O2/c1-14(8-2-5-12)11(15)9-16-10-3-6-13-7-4-10/h10,13H,2-4,6-9H2,1H3. The highest BCUT2D eigenvalue weighted by Gasteiger charge is 2.16. The van der Waals surface area contributed by atoms with Crippen LogP contribution >= 0.6 is 0 Å². The van der Waals surface area contributed by atoms with E-state index in [1.807, 2.05) is 6.07 Å². The minimum absolute atomic E-state index is 0.0474. The number of nitrogens with zero attached hydrogens (tertiary/aromatic N) is 2. The van der Waals surface area contributed by atoms with E-state index in [1.165, 1.54) is 0 Å². The summed E-state index contributed by atoms with van der Waals surface area (Å²) in [5.74, 6) is -0.0474. The molecule has 5 heteroatoms. The first-order chi connectivity index (χ1) is 7.74. The van der Waals surface area contributed by atoms with Crippen molar-refractivity contribution in [1.82, 2.24) is 10.2 Å². The maximum atomic E-state index is 11.6. The largest absolute Gasteiger partial charge is 0.368 e. The zero-order valence-electron chi connectivity index (χ0n) is 9.74. The molecule has 0 aromatic carbocycles. The van der Waals surface area contributed by atoms with Gasteiger partial charge in [-0.25, -0.2) is 0 Å². The summed E-state index contributed by atoms with van der Waals surface area (Å²) >= 11 is 0. The van der Waals surface area contributed by atoms with E-state index >= 15 is 0 Å².